The molecule has 1 aliphatic carbocycles. The summed E-state index contributed by atoms with van der Waals surface area (Å²) >= 11 is 6.31. The molecule has 10 heteroatoms. The maximum atomic E-state index is 14.9. The van der Waals surface area contributed by atoms with Crippen LogP contribution >= 0.6 is 11.6 Å². The average Bonchev–Trinajstić information content (AvgIpc) is 2.92. The maximum Gasteiger partial charge on any atom is 0.329 e. The number of para-hydroxylation sites is 1. The van der Waals surface area contributed by atoms with E-state index in [0.717, 1.165) is 31.7 Å². The van der Waals surface area contributed by atoms with Gasteiger partial charge in [0.25, 0.3) is 11.5 Å². The highest BCUT2D eigenvalue weighted by atomic mass is 35.5. The Hall–Kier alpha value is -3.46. The Morgan fingerprint density at radius 3 is 2.38 bits per heavy atom. The molecule has 2 heterocycles. The second-order valence-electron chi connectivity index (χ2n) is 9.74. The summed E-state index contributed by atoms with van der Waals surface area (Å²) in [5.74, 6) is -1.01. The third-order valence-electron chi connectivity index (χ3n) is 7.43. The van der Waals surface area contributed by atoms with Crippen LogP contribution in [0.5, 0.6) is 0 Å². The van der Waals surface area contributed by atoms with Crippen LogP contribution in [-0.2, 0) is 11.3 Å². The molecule has 2 aromatic carbocycles. The molecule has 0 spiro atoms. The van der Waals surface area contributed by atoms with E-state index in [1.807, 2.05) is 4.90 Å². The molecule has 2 amide bonds. The van der Waals surface area contributed by atoms with Crippen LogP contribution in [0.2, 0.25) is 5.02 Å². The maximum absolute atomic E-state index is 14.9. The van der Waals surface area contributed by atoms with E-state index in [2.05, 4.69) is 4.98 Å². The number of benzene rings is 2. The Kier molecular flexibility index (Phi) is 7.15. The molecule has 1 aliphatic heterocycles. The molecule has 0 bridgehead atoms. The van der Waals surface area contributed by atoms with Gasteiger partial charge in [0.05, 0.1) is 23.0 Å². The van der Waals surface area contributed by atoms with Gasteiger partial charge >= 0.3 is 5.69 Å². The van der Waals surface area contributed by atoms with E-state index in [4.69, 9.17) is 11.6 Å². The van der Waals surface area contributed by atoms with Gasteiger partial charge in [-0.3, -0.25) is 23.9 Å². The first-order chi connectivity index (χ1) is 17.8. The number of aromatic nitrogens is 2. The van der Waals surface area contributed by atoms with Crippen LogP contribution < -0.4 is 11.2 Å². The molecule has 1 saturated carbocycles. The van der Waals surface area contributed by atoms with Crippen molar-refractivity contribution in [2.75, 3.05) is 26.2 Å². The fraction of sp³-hybridized carbons (Fsp3) is 0.407. The molecule has 2 aliphatic rings. The van der Waals surface area contributed by atoms with Crippen molar-refractivity contribution in [3.63, 3.8) is 0 Å². The molecule has 8 nitrogen and oxygen atoms in total. The molecule has 194 valence electrons. The van der Waals surface area contributed by atoms with Crippen molar-refractivity contribution in [1.29, 1.82) is 0 Å². The summed E-state index contributed by atoms with van der Waals surface area (Å²) in [6.07, 6.45) is 5.17. The number of fused-ring (bicyclic) bond motifs is 1. The van der Waals surface area contributed by atoms with Crippen molar-refractivity contribution in [2.45, 2.75) is 38.6 Å². The average molecular weight is 527 g/mol. The number of nitrogens with one attached hydrogen (secondary N) is 1. The van der Waals surface area contributed by atoms with Gasteiger partial charge in [-0.05, 0) is 42.7 Å². The highest BCUT2D eigenvalue weighted by molar-refractivity contribution is 6.31. The third-order valence-corrected chi connectivity index (χ3v) is 7.78. The van der Waals surface area contributed by atoms with Gasteiger partial charge in [0, 0.05) is 37.1 Å². The van der Waals surface area contributed by atoms with Crippen LogP contribution in [0.15, 0.2) is 46.0 Å². The van der Waals surface area contributed by atoms with Gasteiger partial charge in [0.15, 0.2) is 0 Å². The summed E-state index contributed by atoms with van der Waals surface area (Å²) < 4.78 is 16.2. The van der Waals surface area contributed by atoms with E-state index < -0.39 is 23.0 Å². The van der Waals surface area contributed by atoms with E-state index in [9.17, 15) is 23.6 Å². The molecule has 0 atom stereocenters. The van der Waals surface area contributed by atoms with Crippen LogP contribution in [0.25, 0.3) is 10.9 Å². The molecular formula is C27H28ClFN4O4. The summed E-state index contributed by atoms with van der Waals surface area (Å²) in [6.45, 7) is 1.42. The Morgan fingerprint density at radius 1 is 0.973 bits per heavy atom. The Labute approximate surface area is 217 Å². The summed E-state index contributed by atoms with van der Waals surface area (Å²) in [6, 6.07) is 9.08. The van der Waals surface area contributed by atoms with Crippen LogP contribution in [0.1, 0.15) is 48.0 Å². The molecule has 3 aromatic rings. The second-order valence-corrected chi connectivity index (χ2v) is 10.1. The third kappa shape index (κ3) is 5.05. The highest BCUT2D eigenvalue weighted by Crippen LogP contribution is 2.27. The van der Waals surface area contributed by atoms with E-state index in [0.29, 0.717) is 42.6 Å². The summed E-state index contributed by atoms with van der Waals surface area (Å²) in [7, 11) is 0. The zero-order valence-corrected chi connectivity index (χ0v) is 21.1. The van der Waals surface area contributed by atoms with Crippen molar-refractivity contribution < 1.29 is 14.0 Å². The number of aromatic amines is 1. The number of hydrogen-bond acceptors (Lipinski definition) is 4. The smallest absolute Gasteiger partial charge is 0.329 e. The minimum absolute atomic E-state index is 0.0564. The Morgan fingerprint density at radius 2 is 1.65 bits per heavy atom. The molecule has 0 unspecified atom stereocenters. The topological polar surface area (TPSA) is 95.5 Å². The van der Waals surface area contributed by atoms with Gasteiger partial charge < -0.3 is 9.80 Å². The lowest BCUT2D eigenvalue weighted by atomic mass is 9.88. The molecule has 0 radical (unpaired) electrons. The van der Waals surface area contributed by atoms with Crippen molar-refractivity contribution in [3.8, 4) is 0 Å². The van der Waals surface area contributed by atoms with Gasteiger partial charge in [-0.1, -0.05) is 43.0 Å². The first-order valence-corrected chi connectivity index (χ1v) is 13.0. The number of piperazine rings is 1. The van der Waals surface area contributed by atoms with Gasteiger partial charge in [-0.2, -0.15) is 0 Å². The van der Waals surface area contributed by atoms with Gasteiger partial charge in [0.2, 0.25) is 5.91 Å². The lowest BCUT2D eigenvalue weighted by Gasteiger charge is -2.37. The van der Waals surface area contributed by atoms with Gasteiger partial charge in [-0.15, -0.1) is 0 Å². The molecule has 37 heavy (non-hydrogen) atoms. The van der Waals surface area contributed by atoms with Crippen LogP contribution in [0.3, 0.4) is 0 Å². The predicted octanol–water partition coefficient (Wildman–Crippen LogP) is 3.40. The molecule has 2 fully saturated rings. The van der Waals surface area contributed by atoms with Crippen molar-refractivity contribution in [3.05, 3.63) is 79.2 Å². The predicted molar refractivity (Wildman–Crippen MR) is 138 cm³/mol. The number of H-pyrrole nitrogens is 1. The summed E-state index contributed by atoms with van der Waals surface area (Å²) in [5, 5.41) is 0.399. The van der Waals surface area contributed by atoms with Gasteiger partial charge in [0.1, 0.15) is 5.82 Å². The number of nitrogens with zero attached hydrogens (tertiary/aromatic N) is 3. The SMILES string of the molecule is O=C(c1cc(Cn2c(=O)[nH]c(=O)c3ccccc32)c(Cl)cc1F)N1CCN(C(=O)C2CCCCC2)CC1. The number of amides is 2. The fourth-order valence-electron chi connectivity index (χ4n) is 5.36. The summed E-state index contributed by atoms with van der Waals surface area (Å²) in [4.78, 5) is 56.5. The monoisotopic (exact) mass is 526 g/mol. The first kappa shape index (κ1) is 25.2. The molecular weight excluding hydrogens is 499 g/mol. The fourth-order valence-corrected chi connectivity index (χ4v) is 5.57. The van der Waals surface area contributed by atoms with Crippen LogP contribution in [0, 0.1) is 11.7 Å². The largest absolute Gasteiger partial charge is 0.339 e. The number of halogens is 2. The quantitative estimate of drug-likeness (QED) is 0.563. The first-order valence-electron chi connectivity index (χ1n) is 12.6. The number of hydrogen-bond donors (Lipinski definition) is 1. The van der Waals surface area contributed by atoms with E-state index in [1.54, 1.807) is 29.2 Å². The van der Waals surface area contributed by atoms with Crippen molar-refractivity contribution >= 4 is 34.3 Å². The van der Waals surface area contributed by atoms with E-state index in [1.165, 1.54) is 17.1 Å². The zero-order valence-electron chi connectivity index (χ0n) is 20.3. The van der Waals surface area contributed by atoms with Crippen LogP contribution in [-0.4, -0.2) is 57.3 Å². The molecule has 1 N–H and O–H groups in total. The zero-order chi connectivity index (χ0) is 26.1. The lowest BCUT2D eigenvalue weighted by molar-refractivity contribution is -0.138. The number of carbonyl (C=O) groups is 2. The number of carbonyl (C=O) groups excluding carboxylic acids is 2. The molecule has 1 aromatic heterocycles. The Bertz CT molecular complexity index is 1470. The molecule has 5 rings (SSSR count). The summed E-state index contributed by atoms with van der Waals surface area (Å²) in [5.41, 5.74) is -0.497. The van der Waals surface area contributed by atoms with Gasteiger partial charge in [-0.25, -0.2) is 9.18 Å². The standard InChI is InChI=1S/C27H28ClFN4O4/c28-21-15-22(29)20(14-18(21)16-33-23-9-5-4-8-19(23)24(34)30-27(33)37)26(36)32-12-10-31(11-13-32)25(35)17-6-2-1-3-7-17/h4-5,8-9,14-15,17H,1-3,6-7,10-13,16H2,(H,30,34,37). The normalized spacial score (nSPS) is 16.8. The number of rotatable bonds is 4. The van der Waals surface area contributed by atoms with Crippen molar-refractivity contribution in [2.24, 2.45) is 5.92 Å². The second kappa shape index (κ2) is 10.5. The molecule has 1 saturated heterocycles. The lowest BCUT2D eigenvalue weighted by Crippen LogP contribution is -2.52. The van der Waals surface area contributed by atoms with E-state index in [-0.39, 0.29) is 29.0 Å². The minimum Gasteiger partial charge on any atom is -0.339 e. The van der Waals surface area contributed by atoms with Crippen molar-refractivity contribution in [1.82, 2.24) is 19.4 Å². The minimum atomic E-state index is -0.752. The van der Waals surface area contributed by atoms with Crippen LogP contribution in [0.4, 0.5) is 4.39 Å². The Balaban J connectivity index is 1.35. The highest BCUT2D eigenvalue weighted by Gasteiger charge is 2.31. The van der Waals surface area contributed by atoms with E-state index >= 15 is 0 Å².